The summed E-state index contributed by atoms with van der Waals surface area (Å²) in [5.41, 5.74) is 1.90. The summed E-state index contributed by atoms with van der Waals surface area (Å²) < 4.78 is 18.4. The zero-order valence-corrected chi connectivity index (χ0v) is 20.4. The van der Waals surface area contributed by atoms with Gasteiger partial charge < -0.3 is 19.0 Å². The molecule has 5 heteroatoms. The van der Waals surface area contributed by atoms with E-state index in [0.717, 1.165) is 35.0 Å². The molecule has 0 heterocycles. The maximum atomic E-state index is 11.4. The van der Waals surface area contributed by atoms with Gasteiger partial charge in [-0.25, -0.2) is 0 Å². The largest absolute Gasteiger partial charge is 0.497 e. The highest BCUT2D eigenvalue weighted by atomic mass is 28.4. The van der Waals surface area contributed by atoms with Crippen LogP contribution in [0.5, 0.6) is 5.75 Å². The summed E-state index contributed by atoms with van der Waals surface area (Å²) in [5, 5.41) is 11.4. The van der Waals surface area contributed by atoms with E-state index in [1.807, 2.05) is 60.7 Å². The predicted octanol–water partition coefficient (Wildman–Crippen LogP) is 6.28. The maximum Gasteiger partial charge on any atom is 0.192 e. The standard InChI is InChI=1S/C26H38O4Si/c1-6-13-24(29-20-21-16-18-23(28-5)19-17-21)26(30-31(7-2,8-3)9-4)25(27)22-14-11-10-12-15-22/h6,10-12,14-19,24-27H,1,7-9,13,20H2,2-5H3/t24-,25+,26-/m0/s1. The van der Waals surface area contributed by atoms with Crippen molar-refractivity contribution < 1.29 is 19.0 Å². The number of hydrogen-bond donors (Lipinski definition) is 1. The van der Waals surface area contributed by atoms with Gasteiger partial charge in [-0.05, 0) is 47.8 Å². The van der Waals surface area contributed by atoms with Gasteiger partial charge in [-0.3, -0.25) is 0 Å². The number of hydrogen-bond acceptors (Lipinski definition) is 4. The van der Waals surface area contributed by atoms with Crippen LogP contribution in [0.1, 0.15) is 44.4 Å². The van der Waals surface area contributed by atoms with Gasteiger partial charge in [0.25, 0.3) is 0 Å². The van der Waals surface area contributed by atoms with Crippen LogP contribution in [0.4, 0.5) is 0 Å². The predicted molar refractivity (Wildman–Crippen MR) is 130 cm³/mol. The summed E-state index contributed by atoms with van der Waals surface area (Å²) in [6.45, 7) is 11.0. The molecule has 0 aromatic heterocycles. The Kier molecular flexibility index (Phi) is 10.5. The molecule has 2 rings (SSSR count). The zero-order chi connectivity index (χ0) is 22.7. The normalized spacial score (nSPS) is 14.6. The van der Waals surface area contributed by atoms with Crippen LogP contribution in [0, 0.1) is 0 Å². The van der Waals surface area contributed by atoms with E-state index in [-0.39, 0.29) is 6.10 Å². The Morgan fingerprint density at radius 3 is 2.10 bits per heavy atom. The minimum atomic E-state index is -1.98. The van der Waals surface area contributed by atoms with E-state index < -0.39 is 20.5 Å². The molecule has 0 saturated carbocycles. The molecule has 2 aromatic carbocycles. The number of aliphatic hydroxyl groups is 1. The van der Waals surface area contributed by atoms with Gasteiger partial charge in [-0.2, -0.15) is 0 Å². The van der Waals surface area contributed by atoms with E-state index in [1.165, 1.54) is 0 Å². The molecule has 0 aliphatic carbocycles. The molecule has 2 aromatic rings. The molecule has 0 aliphatic heterocycles. The van der Waals surface area contributed by atoms with Crippen LogP contribution in [0.3, 0.4) is 0 Å². The van der Waals surface area contributed by atoms with Crippen molar-refractivity contribution in [1.82, 2.24) is 0 Å². The number of benzene rings is 2. The first kappa shape index (κ1) is 25.3. The second kappa shape index (κ2) is 12.8. The molecular weight excluding hydrogens is 404 g/mol. The van der Waals surface area contributed by atoms with Gasteiger partial charge in [0.05, 0.1) is 19.8 Å². The fourth-order valence-corrected chi connectivity index (χ4v) is 6.72. The van der Waals surface area contributed by atoms with E-state index in [0.29, 0.717) is 13.0 Å². The van der Waals surface area contributed by atoms with Crippen LogP contribution < -0.4 is 4.74 Å². The summed E-state index contributed by atoms with van der Waals surface area (Å²) in [5.74, 6) is 0.816. The lowest BCUT2D eigenvalue weighted by atomic mass is 9.98. The number of ether oxygens (including phenoxy) is 2. The Balaban J connectivity index is 2.29. The van der Waals surface area contributed by atoms with Crippen LogP contribution in [0.15, 0.2) is 67.3 Å². The lowest BCUT2D eigenvalue weighted by Crippen LogP contribution is -2.47. The molecule has 0 unspecified atom stereocenters. The number of aliphatic hydroxyl groups excluding tert-OH is 1. The first-order valence-corrected chi connectivity index (χ1v) is 13.8. The lowest BCUT2D eigenvalue weighted by molar-refractivity contribution is -0.0879. The molecule has 0 fully saturated rings. The molecule has 170 valence electrons. The first-order chi connectivity index (χ1) is 15.0. The second-order valence-electron chi connectivity index (χ2n) is 7.90. The Hall–Kier alpha value is -1.92. The average Bonchev–Trinajstić information content (AvgIpc) is 2.84. The van der Waals surface area contributed by atoms with Gasteiger partial charge in [-0.1, -0.05) is 69.3 Å². The van der Waals surface area contributed by atoms with Crippen LogP contribution in [0.25, 0.3) is 0 Å². The van der Waals surface area contributed by atoms with E-state index >= 15 is 0 Å². The van der Waals surface area contributed by atoms with Crippen molar-refractivity contribution in [3.8, 4) is 5.75 Å². The summed E-state index contributed by atoms with van der Waals surface area (Å²) in [4.78, 5) is 0. The number of methoxy groups -OCH3 is 1. The monoisotopic (exact) mass is 442 g/mol. The molecular formula is C26H38O4Si. The van der Waals surface area contributed by atoms with Crippen molar-refractivity contribution in [2.75, 3.05) is 7.11 Å². The number of rotatable bonds is 14. The Labute approximate surface area is 189 Å². The minimum Gasteiger partial charge on any atom is -0.497 e. The Morgan fingerprint density at radius 1 is 0.968 bits per heavy atom. The third-order valence-electron chi connectivity index (χ3n) is 6.16. The van der Waals surface area contributed by atoms with Gasteiger partial charge in [0.2, 0.25) is 0 Å². The van der Waals surface area contributed by atoms with Crippen LogP contribution in [0.2, 0.25) is 18.1 Å². The van der Waals surface area contributed by atoms with Crippen molar-refractivity contribution in [3.05, 3.63) is 78.4 Å². The van der Waals surface area contributed by atoms with Gasteiger partial charge in [0.1, 0.15) is 18.0 Å². The highest BCUT2D eigenvalue weighted by Gasteiger charge is 2.39. The van der Waals surface area contributed by atoms with Gasteiger partial charge in [-0.15, -0.1) is 6.58 Å². The molecule has 4 nitrogen and oxygen atoms in total. The molecule has 0 radical (unpaired) electrons. The highest BCUT2D eigenvalue weighted by Crippen LogP contribution is 2.32. The van der Waals surface area contributed by atoms with Gasteiger partial charge in [0, 0.05) is 0 Å². The van der Waals surface area contributed by atoms with Gasteiger partial charge in [0.15, 0.2) is 8.32 Å². The molecule has 0 bridgehead atoms. The summed E-state index contributed by atoms with van der Waals surface area (Å²) in [7, 11) is -0.323. The average molecular weight is 443 g/mol. The van der Waals surface area contributed by atoms with Gasteiger partial charge >= 0.3 is 0 Å². The van der Waals surface area contributed by atoms with E-state index in [1.54, 1.807) is 7.11 Å². The lowest BCUT2D eigenvalue weighted by Gasteiger charge is -2.39. The second-order valence-corrected chi connectivity index (χ2v) is 12.6. The fraction of sp³-hybridized carbons (Fsp3) is 0.462. The quantitative estimate of drug-likeness (QED) is 0.276. The molecule has 0 spiro atoms. The summed E-state index contributed by atoms with van der Waals surface area (Å²) in [6.07, 6.45) is 0.932. The van der Waals surface area contributed by atoms with Crippen molar-refractivity contribution >= 4 is 8.32 Å². The maximum absolute atomic E-state index is 11.4. The molecule has 0 saturated heterocycles. The van der Waals surface area contributed by atoms with E-state index in [9.17, 15) is 5.11 Å². The summed E-state index contributed by atoms with van der Waals surface area (Å²) >= 11 is 0. The van der Waals surface area contributed by atoms with Crippen LogP contribution >= 0.6 is 0 Å². The summed E-state index contributed by atoms with van der Waals surface area (Å²) in [6, 6.07) is 20.6. The first-order valence-electron chi connectivity index (χ1n) is 11.3. The SMILES string of the molecule is C=CC[C@H](OCc1ccc(OC)cc1)[C@H](O[Si](CC)(CC)CC)[C@H](O)c1ccccc1. The van der Waals surface area contributed by atoms with Crippen molar-refractivity contribution in [3.63, 3.8) is 0 Å². The smallest absolute Gasteiger partial charge is 0.192 e. The molecule has 3 atom stereocenters. The molecule has 0 amide bonds. The third kappa shape index (κ3) is 7.04. The van der Waals surface area contributed by atoms with Crippen molar-refractivity contribution in [2.45, 2.75) is 70.2 Å². The van der Waals surface area contributed by atoms with Crippen LogP contribution in [-0.4, -0.2) is 32.7 Å². The van der Waals surface area contributed by atoms with Crippen molar-refractivity contribution in [2.24, 2.45) is 0 Å². The van der Waals surface area contributed by atoms with Crippen molar-refractivity contribution in [1.29, 1.82) is 0 Å². The molecule has 1 N–H and O–H groups in total. The molecule has 31 heavy (non-hydrogen) atoms. The van der Waals surface area contributed by atoms with Crippen LogP contribution in [-0.2, 0) is 15.8 Å². The Bertz CT molecular complexity index is 750. The zero-order valence-electron chi connectivity index (χ0n) is 19.4. The fourth-order valence-electron chi connectivity index (χ4n) is 3.86. The Morgan fingerprint density at radius 2 is 1.58 bits per heavy atom. The topological polar surface area (TPSA) is 47.9 Å². The molecule has 0 aliphatic rings. The highest BCUT2D eigenvalue weighted by molar-refractivity contribution is 6.73. The van der Waals surface area contributed by atoms with E-state index in [4.69, 9.17) is 13.9 Å². The third-order valence-corrected chi connectivity index (χ3v) is 10.8. The van der Waals surface area contributed by atoms with E-state index in [2.05, 4.69) is 27.4 Å². The minimum absolute atomic E-state index is 0.300.